The van der Waals surface area contributed by atoms with Crippen LogP contribution in [0.3, 0.4) is 0 Å². The van der Waals surface area contributed by atoms with Crippen LogP contribution in [-0.2, 0) is 13.5 Å². The van der Waals surface area contributed by atoms with Crippen molar-refractivity contribution in [2.24, 2.45) is 12.9 Å². The quantitative estimate of drug-likeness (QED) is 0.394. The lowest BCUT2D eigenvalue weighted by Crippen LogP contribution is -2.15. The molecular formula is C11H16N8O2. The highest BCUT2D eigenvalue weighted by molar-refractivity contribution is 5.60. The van der Waals surface area contributed by atoms with Gasteiger partial charge in [-0.3, -0.25) is 20.2 Å². The first-order valence-electron chi connectivity index (χ1n) is 6.22. The van der Waals surface area contributed by atoms with Gasteiger partial charge in [0.25, 0.3) is 0 Å². The average Bonchev–Trinajstić information content (AvgIpc) is 2.83. The fourth-order valence-corrected chi connectivity index (χ4v) is 1.90. The predicted octanol–water partition coefficient (Wildman–Crippen LogP) is 0.367. The first-order chi connectivity index (χ1) is 10.0. The minimum absolute atomic E-state index is 0.127. The molecule has 0 fully saturated rings. The molecule has 10 nitrogen and oxygen atoms in total. The summed E-state index contributed by atoms with van der Waals surface area (Å²) in [6.45, 7) is 2.01. The Bertz CT molecular complexity index is 654. The number of hydrogen-bond donors (Lipinski definition) is 3. The summed E-state index contributed by atoms with van der Waals surface area (Å²) in [4.78, 5) is 18.5. The first kappa shape index (κ1) is 14.7. The highest BCUT2D eigenvalue weighted by Crippen LogP contribution is 2.26. The molecule has 0 aliphatic heterocycles. The van der Waals surface area contributed by atoms with Gasteiger partial charge in [0, 0.05) is 19.8 Å². The number of nitrogens with one attached hydrogen (secondary N) is 2. The van der Waals surface area contributed by atoms with Crippen molar-refractivity contribution >= 4 is 17.5 Å². The third-order valence-electron chi connectivity index (χ3n) is 2.83. The minimum Gasteiger partial charge on any atom is -0.364 e. The van der Waals surface area contributed by atoms with E-state index in [0.29, 0.717) is 13.0 Å². The van der Waals surface area contributed by atoms with Gasteiger partial charge < -0.3 is 5.32 Å². The Labute approximate surface area is 120 Å². The second-order valence-electron chi connectivity index (χ2n) is 4.43. The van der Waals surface area contributed by atoms with Crippen LogP contribution in [0.15, 0.2) is 12.4 Å². The van der Waals surface area contributed by atoms with Gasteiger partial charge in [0.2, 0.25) is 11.8 Å². The van der Waals surface area contributed by atoms with Crippen molar-refractivity contribution in [2.45, 2.75) is 13.3 Å². The molecule has 112 valence electrons. The number of aromatic nitrogens is 4. The molecule has 0 radical (unpaired) electrons. The lowest BCUT2D eigenvalue weighted by atomic mass is 10.2. The summed E-state index contributed by atoms with van der Waals surface area (Å²) in [6, 6.07) is 0. The maximum Gasteiger partial charge on any atom is 0.332 e. The highest BCUT2D eigenvalue weighted by Gasteiger charge is 2.21. The topological polar surface area (TPSA) is 137 Å². The largest absolute Gasteiger partial charge is 0.364 e. The number of anilines is 2. The number of hydrazine groups is 1. The van der Waals surface area contributed by atoms with E-state index in [4.69, 9.17) is 5.84 Å². The molecule has 0 atom stereocenters. The van der Waals surface area contributed by atoms with Crippen LogP contribution in [0.5, 0.6) is 0 Å². The van der Waals surface area contributed by atoms with Crippen molar-refractivity contribution in [3.63, 3.8) is 0 Å². The third-order valence-corrected chi connectivity index (χ3v) is 2.83. The van der Waals surface area contributed by atoms with E-state index < -0.39 is 4.92 Å². The van der Waals surface area contributed by atoms with Gasteiger partial charge >= 0.3 is 5.69 Å². The van der Waals surface area contributed by atoms with Crippen LogP contribution in [0.25, 0.3) is 0 Å². The Balaban J connectivity index is 2.14. The maximum atomic E-state index is 11.1. The smallest absolute Gasteiger partial charge is 0.332 e. The Kier molecular flexibility index (Phi) is 4.28. The number of rotatable bonds is 6. The standard InChI is InChI=1S/C11H16N8O2/c1-7-9(19(20)21)10(16-11(15-7)17-12)13-4-3-8-5-14-18(2)6-8/h5-6H,3-4,12H2,1-2H3,(H2,13,15,16,17). The van der Waals surface area contributed by atoms with Crippen LogP contribution in [0, 0.1) is 17.0 Å². The van der Waals surface area contributed by atoms with Crippen LogP contribution in [0.4, 0.5) is 17.5 Å². The normalized spacial score (nSPS) is 10.4. The molecule has 4 N–H and O–H groups in total. The minimum atomic E-state index is -0.512. The van der Waals surface area contributed by atoms with E-state index in [-0.39, 0.29) is 23.1 Å². The molecule has 0 amide bonds. The molecule has 0 bridgehead atoms. The van der Waals surface area contributed by atoms with Crippen molar-refractivity contribution < 1.29 is 4.92 Å². The molecule has 21 heavy (non-hydrogen) atoms. The lowest BCUT2D eigenvalue weighted by molar-refractivity contribution is -0.385. The molecule has 2 heterocycles. The second-order valence-corrected chi connectivity index (χ2v) is 4.43. The van der Waals surface area contributed by atoms with Crippen molar-refractivity contribution in [1.82, 2.24) is 19.7 Å². The van der Waals surface area contributed by atoms with Gasteiger partial charge in [0.1, 0.15) is 5.69 Å². The van der Waals surface area contributed by atoms with E-state index >= 15 is 0 Å². The number of nitrogens with two attached hydrogens (primary N) is 1. The number of aryl methyl sites for hydroxylation is 2. The van der Waals surface area contributed by atoms with Gasteiger partial charge in [-0.15, -0.1) is 0 Å². The Hall–Kier alpha value is -2.75. The van der Waals surface area contributed by atoms with Gasteiger partial charge in [-0.2, -0.15) is 10.1 Å². The average molecular weight is 292 g/mol. The van der Waals surface area contributed by atoms with Gasteiger partial charge in [-0.25, -0.2) is 10.8 Å². The van der Waals surface area contributed by atoms with Crippen molar-refractivity contribution in [3.8, 4) is 0 Å². The van der Waals surface area contributed by atoms with E-state index in [0.717, 1.165) is 5.56 Å². The second kappa shape index (κ2) is 6.13. The van der Waals surface area contributed by atoms with Crippen LogP contribution >= 0.6 is 0 Å². The molecule has 10 heteroatoms. The zero-order valence-corrected chi connectivity index (χ0v) is 11.7. The van der Waals surface area contributed by atoms with Gasteiger partial charge in [0.15, 0.2) is 0 Å². The van der Waals surface area contributed by atoms with Crippen LogP contribution in [-0.4, -0.2) is 31.2 Å². The number of hydrogen-bond acceptors (Lipinski definition) is 8. The van der Waals surface area contributed by atoms with E-state index in [1.54, 1.807) is 10.9 Å². The zero-order valence-electron chi connectivity index (χ0n) is 11.7. The number of nitrogen functional groups attached to an aromatic ring is 1. The van der Waals surface area contributed by atoms with Crippen LogP contribution in [0.1, 0.15) is 11.3 Å². The molecule has 0 unspecified atom stereocenters. The summed E-state index contributed by atoms with van der Waals surface area (Å²) in [5.41, 5.74) is 3.40. The fourth-order valence-electron chi connectivity index (χ4n) is 1.90. The summed E-state index contributed by atoms with van der Waals surface area (Å²) < 4.78 is 1.70. The third kappa shape index (κ3) is 3.42. The molecule has 2 aromatic heterocycles. The number of nitro groups is 1. The summed E-state index contributed by atoms with van der Waals surface area (Å²) in [5.74, 6) is 5.52. The fraction of sp³-hybridized carbons (Fsp3) is 0.364. The SMILES string of the molecule is Cc1nc(NN)nc(NCCc2cnn(C)c2)c1[N+](=O)[O-]. The van der Waals surface area contributed by atoms with Gasteiger partial charge in [-0.1, -0.05) is 0 Å². The molecule has 0 aliphatic carbocycles. The van der Waals surface area contributed by atoms with Gasteiger partial charge in [-0.05, 0) is 18.9 Å². The number of nitrogens with zero attached hydrogens (tertiary/aromatic N) is 5. The maximum absolute atomic E-state index is 11.1. The van der Waals surface area contributed by atoms with E-state index in [1.807, 2.05) is 13.2 Å². The Morgan fingerprint density at radius 3 is 2.81 bits per heavy atom. The molecule has 2 rings (SSSR count). The van der Waals surface area contributed by atoms with Crippen molar-refractivity contribution in [1.29, 1.82) is 0 Å². The predicted molar refractivity (Wildman–Crippen MR) is 76.6 cm³/mol. The molecule has 0 saturated carbocycles. The summed E-state index contributed by atoms with van der Waals surface area (Å²) >= 11 is 0. The highest BCUT2D eigenvalue weighted by atomic mass is 16.6. The molecular weight excluding hydrogens is 276 g/mol. The van der Waals surface area contributed by atoms with Crippen LogP contribution < -0.4 is 16.6 Å². The van der Waals surface area contributed by atoms with Crippen molar-refractivity contribution in [3.05, 3.63) is 33.8 Å². The molecule has 2 aromatic rings. The van der Waals surface area contributed by atoms with E-state index in [9.17, 15) is 10.1 Å². The Morgan fingerprint density at radius 2 is 2.24 bits per heavy atom. The molecule has 0 aliphatic rings. The summed E-state index contributed by atoms with van der Waals surface area (Å²) in [7, 11) is 1.83. The van der Waals surface area contributed by atoms with Gasteiger partial charge in [0.05, 0.1) is 11.1 Å². The molecule has 0 saturated heterocycles. The van der Waals surface area contributed by atoms with E-state index in [1.165, 1.54) is 6.92 Å². The summed E-state index contributed by atoms with van der Waals surface area (Å²) in [5, 5.41) is 18.1. The van der Waals surface area contributed by atoms with E-state index in [2.05, 4.69) is 25.8 Å². The molecule has 0 spiro atoms. The zero-order chi connectivity index (χ0) is 15.4. The Morgan fingerprint density at radius 1 is 1.48 bits per heavy atom. The van der Waals surface area contributed by atoms with Crippen LogP contribution in [0.2, 0.25) is 0 Å². The van der Waals surface area contributed by atoms with Crippen molar-refractivity contribution in [2.75, 3.05) is 17.3 Å². The first-order valence-corrected chi connectivity index (χ1v) is 6.22. The summed E-state index contributed by atoms with van der Waals surface area (Å²) in [6.07, 6.45) is 4.29. The monoisotopic (exact) mass is 292 g/mol. The lowest BCUT2D eigenvalue weighted by Gasteiger charge is -2.08. The molecule has 0 aromatic carbocycles.